The molecular weight excluding hydrogens is 296 g/mol. The maximum atomic E-state index is 12.0. The number of aromatic carboxylic acids is 1. The quantitative estimate of drug-likeness (QED) is 0.674. The number of hydrogen-bond donors (Lipinski definition) is 1. The van der Waals surface area contributed by atoms with Gasteiger partial charge in [0.25, 0.3) is 0 Å². The molecule has 0 saturated heterocycles. The monoisotopic (exact) mass is 308 g/mol. The highest BCUT2D eigenvalue weighted by molar-refractivity contribution is 7.86. The SMILES string of the molecule is Cc1ccc(OOS(=O)(=O)c2ccccc2C(=O)O)cc1. The van der Waals surface area contributed by atoms with Gasteiger partial charge in [-0.15, -0.1) is 0 Å². The summed E-state index contributed by atoms with van der Waals surface area (Å²) >= 11 is 0. The van der Waals surface area contributed by atoms with Crippen molar-refractivity contribution in [3.05, 3.63) is 59.7 Å². The van der Waals surface area contributed by atoms with E-state index in [4.69, 9.17) is 9.99 Å². The van der Waals surface area contributed by atoms with Crippen LogP contribution in [-0.2, 0) is 14.5 Å². The van der Waals surface area contributed by atoms with Crippen LogP contribution in [0.4, 0.5) is 0 Å². The summed E-state index contributed by atoms with van der Waals surface area (Å²) in [6, 6.07) is 11.6. The molecule has 110 valence electrons. The summed E-state index contributed by atoms with van der Waals surface area (Å²) in [6.45, 7) is 1.87. The number of rotatable bonds is 5. The van der Waals surface area contributed by atoms with E-state index in [1.54, 1.807) is 12.1 Å². The van der Waals surface area contributed by atoms with Crippen LogP contribution in [0.3, 0.4) is 0 Å². The molecule has 0 aromatic heterocycles. The van der Waals surface area contributed by atoms with Crippen molar-refractivity contribution in [1.29, 1.82) is 0 Å². The van der Waals surface area contributed by atoms with Gasteiger partial charge in [0.15, 0.2) is 5.75 Å². The highest BCUT2D eigenvalue weighted by Gasteiger charge is 2.24. The van der Waals surface area contributed by atoms with E-state index in [0.717, 1.165) is 11.6 Å². The molecule has 2 aromatic carbocycles. The maximum absolute atomic E-state index is 12.0. The second kappa shape index (κ2) is 5.94. The predicted molar refractivity (Wildman–Crippen MR) is 73.5 cm³/mol. The first kappa shape index (κ1) is 15.0. The molecule has 0 atom stereocenters. The second-order valence-electron chi connectivity index (χ2n) is 4.22. The molecule has 0 amide bonds. The van der Waals surface area contributed by atoms with Crippen LogP contribution in [0.15, 0.2) is 53.4 Å². The fourth-order valence-electron chi connectivity index (χ4n) is 1.58. The minimum Gasteiger partial charge on any atom is -0.478 e. The zero-order chi connectivity index (χ0) is 15.5. The first-order valence-corrected chi connectivity index (χ1v) is 7.31. The van der Waals surface area contributed by atoms with E-state index in [2.05, 4.69) is 4.33 Å². The van der Waals surface area contributed by atoms with Crippen molar-refractivity contribution in [2.24, 2.45) is 0 Å². The summed E-state index contributed by atoms with van der Waals surface area (Å²) in [5.41, 5.74) is 0.589. The van der Waals surface area contributed by atoms with Gasteiger partial charge in [-0.25, -0.2) is 4.79 Å². The molecule has 0 aliphatic rings. The second-order valence-corrected chi connectivity index (χ2v) is 5.70. The lowest BCUT2D eigenvalue weighted by atomic mass is 10.2. The minimum absolute atomic E-state index is 0.192. The zero-order valence-corrected chi connectivity index (χ0v) is 11.8. The molecule has 6 nitrogen and oxygen atoms in total. The molecule has 7 heteroatoms. The summed E-state index contributed by atoms with van der Waals surface area (Å²) in [5.74, 6) is -1.18. The molecular formula is C14H12O6S. The topological polar surface area (TPSA) is 89.9 Å². The van der Waals surface area contributed by atoms with Crippen LogP contribution < -0.4 is 4.89 Å². The third kappa shape index (κ3) is 3.59. The summed E-state index contributed by atoms with van der Waals surface area (Å²) in [6.07, 6.45) is 0. The Bertz CT molecular complexity index is 749. The Kier molecular flexibility index (Phi) is 4.25. The number of carboxylic acid groups (broad SMARTS) is 1. The maximum Gasteiger partial charge on any atom is 0.337 e. The van der Waals surface area contributed by atoms with E-state index in [9.17, 15) is 13.2 Å². The lowest BCUT2D eigenvalue weighted by Crippen LogP contribution is -2.13. The normalized spacial score (nSPS) is 11.1. The van der Waals surface area contributed by atoms with Crippen molar-refractivity contribution in [2.45, 2.75) is 11.8 Å². The number of carbonyl (C=O) groups is 1. The summed E-state index contributed by atoms with van der Waals surface area (Å²) in [4.78, 5) is 15.3. The van der Waals surface area contributed by atoms with Crippen LogP contribution in [0, 0.1) is 6.92 Å². The van der Waals surface area contributed by atoms with Gasteiger partial charge in [0, 0.05) is 0 Å². The first-order chi connectivity index (χ1) is 9.90. The Labute approximate surface area is 121 Å². The molecule has 2 aromatic rings. The highest BCUT2D eigenvalue weighted by atomic mass is 32.2. The Balaban J connectivity index is 2.23. The molecule has 0 heterocycles. The van der Waals surface area contributed by atoms with Crippen LogP contribution in [0.5, 0.6) is 5.75 Å². The van der Waals surface area contributed by atoms with Gasteiger partial charge in [-0.2, -0.15) is 8.42 Å². The van der Waals surface area contributed by atoms with Crippen molar-refractivity contribution in [3.8, 4) is 5.75 Å². The molecule has 0 saturated carbocycles. The summed E-state index contributed by atoms with van der Waals surface area (Å²) in [7, 11) is -4.35. The van der Waals surface area contributed by atoms with Gasteiger partial charge in [0.2, 0.25) is 0 Å². The fraction of sp³-hybridized carbons (Fsp3) is 0.0714. The Morgan fingerprint density at radius 3 is 2.29 bits per heavy atom. The van der Waals surface area contributed by atoms with Gasteiger partial charge in [0.1, 0.15) is 4.90 Å². The van der Waals surface area contributed by atoms with Gasteiger partial charge in [-0.1, -0.05) is 34.2 Å². The van der Waals surface area contributed by atoms with E-state index in [-0.39, 0.29) is 11.3 Å². The molecule has 0 bridgehead atoms. The molecule has 0 spiro atoms. The van der Waals surface area contributed by atoms with Crippen LogP contribution in [-0.4, -0.2) is 19.5 Å². The lowest BCUT2D eigenvalue weighted by molar-refractivity contribution is -0.0926. The van der Waals surface area contributed by atoms with E-state index >= 15 is 0 Å². The molecule has 21 heavy (non-hydrogen) atoms. The first-order valence-electron chi connectivity index (χ1n) is 5.90. The molecule has 0 aliphatic heterocycles. The van der Waals surface area contributed by atoms with Crippen LogP contribution >= 0.6 is 0 Å². The molecule has 0 unspecified atom stereocenters. The van der Waals surface area contributed by atoms with Gasteiger partial charge in [0.05, 0.1) is 5.56 Å². The molecule has 0 aliphatic carbocycles. The average Bonchev–Trinajstić information content (AvgIpc) is 2.47. The molecule has 0 fully saturated rings. The van der Waals surface area contributed by atoms with Crippen molar-refractivity contribution in [3.63, 3.8) is 0 Å². The van der Waals surface area contributed by atoms with Crippen molar-refractivity contribution in [2.75, 3.05) is 0 Å². The molecule has 0 radical (unpaired) electrons. The van der Waals surface area contributed by atoms with Gasteiger partial charge < -0.3 is 9.99 Å². The Morgan fingerprint density at radius 1 is 1.05 bits per heavy atom. The van der Waals surface area contributed by atoms with E-state index in [1.165, 1.54) is 30.3 Å². The van der Waals surface area contributed by atoms with Crippen molar-refractivity contribution in [1.82, 2.24) is 0 Å². The Morgan fingerprint density at radius 2 is 1.67 bits per heavy atom. The highest BCUT2D eigenvalue weighted by Crippen LogP contribution is 2.20. The number of carboxylic acids is 1. The summed E-state index contributed by atoms with van der Waals surface area (Å²) < 4.78 is 28.4. The largest absolute Gasteiger partial charge is 0.478 e. The third-order valence-corrected chi connectivity index (χ3v) is 3.77. The zero-order valence-electron chi connectivity index (χ0n) is 11.0. The number of benzene rings is 2. The van der Waals surface area contributed by atoms with E-state index in [1.807, 2.05) is 6.92 Å². The van der Waals surface area contributed by atoms with Crippen molar-refractivity contribution >= 4 is 16.1 Å². The van der Waals surface area contributed by atoms with Gasteiger partial charge >= 0.3 is 16.1 Å². The standard InChI is InChI=1S/C14H12O6S/c1-10-6-8-11(9-7-10)19-20-21(17,18)13-5-3-2-4-12(13)14(15)16/h2-9H,1H3,(H,15,16). The van der Waals surface area contributed by atoms with E-state index in [0.29, 0.717) is 0 Å². The molecule has 2 rings (SSSR count). The average molecular weight is 308 g/mol. The third-order valence-electron chi connectivity index (χ3n) is 2.63. The van der Waals surface area contributed by atoms with Crippen LogP contribution in [0.2, 0.25) is 0 Å². The molecule has 1 N–H and O–H groups in total. The van der Waals surface area contributed by atoms with Gasteiger partial charge in [-0.05, 0) is 31.2 Å². The number of aryl methyl sites for hydroxylation is 1. The fourth-order valence-corrected chi connectivity index (χ4v) is 2.49. The Hall–Kier alpha value is -2.38. The summed E-state index contributed by atoms with van der Waals surface area (Å²) in [5, 5.41) is 8.98. The minimum atomic E-state index is -4.35. The lowest BCUT2D eigenvalue weighted by Gasteiger charge is -2.07. The van der Waals surface area contributed by atoms with Crippen LogP contribution in [0.1, 0.15) is 15.9 Å². The van der Waals surface area contributed by atoms with Crippen molar-refractivity contribution < 1.29 is 27.5 Å². The number of hydrogen-bond acceptors (Lipinski definition) is 5. The predicted octanol–water partition coefficient (Wildman–Crippen LogP) is 2.39. The van der Waals surface area contributed by atoms with E-state index < -0.39 is 21.0 Å². The van der Waals surface area contributed by atoms with Crippen LogP contribution in [0.25, 0.3) is 0 Å². The smallest absolute Gasteiger partial charge is 0.337 e. The van der Waals surface area contributed by atoms with Gasteiger partial charge in [-0.3, -0.25) is 0 Å².